The number of fused-ring (bicyclic) bond motifs is 6. The van der Waals surface area contributed by atoms with Crippen LogP contribution in [0.2, 0.25) is 0 Å². The molecule has 0 unspecified atom stereocenters. The van der Waals surface area contributed by atoms with Crippen molar-refractivity contribution < 1.29 is 83.2 Å². The van der Waals surface area contributed by atoms with Crippen LogP contribution in [0.25, 0.3) is 0 Å². The van der Waals surface area contributed by atoms with E-state index in [1.165, 1.54) is 14.2 Å². The monoisotopic (exact) mass is 720 g/mol. The Balaban J connectivity index is 0.992. The lowest BCUT2D eigenvalue weighted by Crippen LogP contribution is -2.61. The van der Waals surface area contributed by atoms with Crippen molar-refractivity contribution in [2.24, 2.45) is 0 Å². The number of ether oxygens (including phenoxy) is 9. The first-order valence-corrected chi connectivity index (χ1v) is 16.3. The molecule has 2 aromatic carbocycles. The largest absolute Gasteiger partial charge is 0.493 e. The van der Waals surface area contributed by atoms with E-state index >= 15 is 0 Å². The standard InChI is InChI=1S/C34H40O17/c1-12(9-46-33-29(40)26(37)25(36)22(50-33)11-47-34-30(41)27(38)28(39)32(42)51-34)17-7-15-16(48-17)5-4-13-24(35)23-14-6-19(43-2)20(44-3)8-18(14)45-10-21(23)49-31(13)15/h4-6,8,17,21-23,25-30,32-34,36-42H,1,7,9-11H2,2-3H3/t17-,21+,22-,23-,25-,26+,27+,28-,29-,30-,32-,33-,34+/m0/s1. The molecule has 5 aliphatic rings. The summed E-state index contributed by atoms with van der Waals surface area (Å²) in [5.74, 6) is 1.58. The molecular weight excluding hydrogens is 680 g/mol. The fourth-order valence-corrected chi connectivity index (χ4v) is 6.93. The van der Waals surface area contributed by atoms with Crippen LogP contribution in [-0.2, 0) is 25.4 Å². The van der Waals surface area contributed by atoms with Gasteiger partial charge in [0.25, 0.3) is 0 Å². The van der Waals surface area contributed by atoms with Crippen LogP contribution in [0.4, 0.5) is 0 Å². The number of aliphatic hydroxyl groups is 7. The highest BCUT2D eigenvalue weighted by Gasteiger charge is 2.49. The molecule has 0 saturated carbocycles. The number of carbonyl (C=O) groups is 1. The third kappa shape index (κ3) is 6.31. The Labute approximate surface area is 291 Å². The van der Waals surface area contributed by atoms with Crippen LogP contribution in [0.1, 0.15) is 27.4 Å². The van der Waals surface area contributed by atoms with E-state index in [0.29, 0.717) is 51.0 Å². The molecule has 7 rings (SSSR count). The molecular formula is C34H40O17. The predicted molar refractivity (Wildman–Crippen MR) is 168 cm³/mol. The van der Waals surface area contributed by atoms with Crippen LogP contribution in [0.15, 0.2) is 36.4 Å². The summed E-state index contributed by atoms with van der Waals surface area (Å²) < 4.78 is 51.1. The predicted octanol–water partition coefficient (Wildman–Crippen LogP) is -1.72. The zero-order valence-corrected chi connectivity index (χ0v) is 27.6. The second kappa shape index (κ2) is 14.1. The second-order valence-corrected chi connectivity index (χ2v) is 13.0. The van der Waals surface area contributed by atoms with Gasteiger partial charge in [-0.25, -0.2) is 0 Å². The average molecular weight is 721 g/mol. The van der Waals surface area contributed by atoms with Crippen molar-refractivity contribution in [1.82, 2.24) is 0 Å². The Morgan fingerprint density at radius 3 is 2.24 bits per heavy atom. The Hall–Kier alpha value is -3.59. The maximum Gasteiger partial charge on any atom is 0.189 e. The number of benzene rings is 2. The number of ketones is 1. The van der Waals surface area contributed by atoms with Crippen LogP contribution >= 0.6 is 0 Å². The van der Waals surface area contributed by atoms with Gasteiger partial charge in [0.15, 0.2) is 36.2 Å². The first kappa shape index (κ1) is 35.8. The van der Waals surface area contributed by atoms with Crippen molar-refractivity contribution in [3.8, 4) is 28.7 Å². The molecule has 13 atom stereocenters. The topological polar surface area (TPSA) is 242 Å². The number of hydrogen-bond donors (Lipinski definition) is 7. The van der Waals surface area contributed by atoms with E-state index in [4.69, 9.17) is 42.6 Å². The Kier molecular flexibility index (Phi) is 9.89. The van der Waals surface area contributed by atoms with Gasteiger partial charge in [-0.15, -0.1) is 0 Å². The van der Waals surface area contributed by atoms with Crippen LogP contribution in [-0.4, -0.2) is 149 Å². The SMILES string of the molecule is C=C(CO[C@H]1O[C@@H](CO[C@@H]2O[C@H](O)[C@@H](O)[C@@H](O)[C@@H]2O)[C@H](O)[C@@H](O)[C@@H]1O)[C@@H]1Cc2c(ccc3c2O[C@@H]2COc4cc(OC)c(OC)cc4[C@@H]2C3=O)O1. The van der Waals surface area contributed by atoms with Crippen molar-refractivity contribution in [3.05, 3.63) is 53.1 Å². The van der Waals surface area contributed by atoms with Gasteiger partial charge in [-0.05, 0) is 23.8 Å². The van der Waals surface area contributed by atoms with Gasteiger partial charge in [-0.2, -0.15) is 0 Å². The van der Waals surface area contributed by atoms with Crippen molar-refractivity contribution in [2.45, 2.75) is 86.1 Å². The Morgan fingerprint density at radius 1 is 0.824 bits per heavy atom. The van der Waals surface area contributed by atoms with E-state index in [0.717, 1.165) is 0 Å². The molecule has 278 valence electrons. The van der Waals surface area contributed by atoms with E-state index in [-0.39, 0.29) is 25.4 Å². The smallest absolute Gasteiger partial charge is 0.189 e. The first-order valence-electron chi connectivity index (χ1n) is 16.3. The first-order chi connectivity index (χ1) is 24.4. The maximum absolute atomic E-state index is 13.9. The van der Waals surface area contributed by atoms with Crippen LogP contribution < -0.4 is 23.7 Å². The lowest BCUT2D eigenvalue weighted by atomic mass is 9.81. The maximum atomic E-state index is 13.9. The van der Waals surface area contributed by atoms with Gasteiger partial charge in [-0.3, -0.25) is 4.79 Å². The van der Waals surface area contributed by atoms with Gasteiger partial charge in [-0.1, -0.05) is 6.58 Å². The molecule has 17 heteroatoms. The number of aliphatic hydroxyl groups excluding tert-OH is 7. The molecule has 2 fully saturated rings. The van der Waals surface area contributed by atoms with Gasteiger partial charge in [0, 0.05) is 23.6 Å². The van der Waals surface area contributed by atoms with E-state index < -0.39 is 86.3 Å². The molecule has 5 heterocycles. The molecule has 7 N–H and O–H groups in total. The van der Waals surface area contributed by atoms with Crippen LogP contribution in [0.3, 0.4) is 0 Å². The van der Waals surface area contributed by atoms with Gasteiger partial charge >= 0.3 is 0 Å². The number of Topliss-reactive ketones (excluding diaryl/α,β-unsaturated/α-hetero) is 1. The zero-order valence-electron chi connectivity index (χ0n) is 27.6. The minimum Gasteiger partial charge on any atom is -0.493 e. The van der Waals surface area contributed by atoms with Gasteiger partial charge in [0.05, 0.1) is 38.9 Å². The minimum absolute atomic E-state index is 0.129. The summed E-state index contributed by atoms with van der Waals surface area (Å²) in [5, 5.41) is 71.0. The van der Waals surface area contributed by atoms with Gasteiger partial charge in [0.1, 0.15) is 78.8 Å². The summed E-state index contributed by atoms with van der Waals surface area (Å²) in [6.07, 6.45) is -17.5. The fraction of sp³-hybridized carbons (Fsp3) is 0.559. The molecule has 0 spiro atoms. The number of carbonyl (C=O) groups excluding carboxylic acids is 1. The van der Waals surface area contributed by atoms with E-state index in [2.05, 4.69) is 6.58 Å². The highest BCUT2D eigenvalue weighted by molar-refractivity contribution is 6.06. The molecule has 17 nitrogen and oxygen atoms in total. The third-order valence-corrected chi connectivity index (χ3v) is 9.85. The molecule has 0 radical (unpaired) electrons. The number of rotatable bonds is 9. The molecule has 0 amide bonds. The molecule has 0 aliphatic carbocycles. The molecule has 0 bridgehead atoms. The zero-order chi connectivity index (χ0) is 36.3. The quantitative estimate of drug-likeness (QED) is 0.143. The van der Waals surface area contributed by atoms with E-state index in [1.807, 2.05) is 0 Å². The third-order valence-electron chi connectivity index (χ3n) is 9.85. The fourth-order valence-electron chi connectivity index (χ4n) is 6.93. The van der Waals surface area contributed by atoms with Crippen LogP contribution in [0.5, 0.6) is 28.7 Å². The van der Waals surface area contributed by atoms with Crippen molar-refractivity contribution >= 4 is 5.78 Å². The molecule has 0 aromatic heterocycles. The van der Waals surface area contributed by atoms with Gasteiger partial charge < -0.3 is 78.4 Å². The second-order valence-electron chi connectivity index (χ2n) is 13.0. The highest BCUT2D eigenvalue weighted by Crippen LogP contribution is 2.50. The highest BCUT2D eigenvalue weighted by atomic mass is 16.8. The molecule has 2 aromatic rings. The molecule has 2 saturated heterocycles. The summed E-state index contributed by atoms with van der Waals surface area (Å²) >= 11 is 0. The summed E-state index contributed by atoms with van der Waals surface area (Å²) in [5.41, 5.74) is 2.13. The van der Waals surface area contributed by atoms with Crippen LogP contribution in [0, 0.1) is 0 Å². The van der Waals surface area contributed by atoms with E-state index in [9.17, 15) is 40.5 Å². The average Bonchev–Trinajstić information content (AvgIpc) is 3.58. The molecule has 51 heavy (non-hydrogen) atoms. The molecule has 5 aliphatic heterocycles. The summed E-state index contributed by atoms with van der Waals surface area (Å²) in [6, 6.07) is 6.78. The lowest BCUT2D eigenvalue weighted by molar-refractivity contribution is -0.353. The minimum atomic E-state index is -1.85. The Bertz CT molecular complexity index is 1650. The van der Waals surface area contributed by atoms with Crippen molar-refractivity contribution in [1.29, 1.82) is 0 Å². The Morgan fingerprint density at radius 2 is 1.51 bits per heavy atom. The summed E-state index contributed by atoms with van der Waals surface area (Å²) in [4.78, 5) is 13.9. The van der Waals surface area contributed by atoms with E-state index in [1.54, 1.807) is 24.3 Å². The lowest BCUT2D eigenvalue weighted by Gasteiger charge is -2.42. The van der Waals surface area contributed by atoms with Crippen molar-refractivity contribution in [2.75, 3.05) is 34.0 Å². The van der Waals surface area contributed by atoms with Gasteiger partial charge in [0.2, 0.25) is 0 Å². The normalized spacial score (nSPS) is 36.7. The number of hydrogen-bond acceptors (Lipinski definition) is 17. The summed E-state index contributed by atoms with van der Waals surface area (Å²) in [7, 11) is 3.03. The van der Waals surface area contributed by atoms with Crippen molar-refractivity contribution in [3.63, 3.8) is 0 Å². The summed E-state index contributed by atoms with van der Waals surface area (Å²) in [6.45, 7) is 3.46. The number of methoxy groups -OCH3 is 2.